The zero-order chi connectivity index (χ0) is 38.9. The molecule has 4 N–H and O–H groups in total. The van der Waals surface area contributed by atoms with Crippen molar-refractivity contribution in [2.75, 3.05) is 44.6 Å². The lowest BCUT2D eigenvalue weighted by atomic mass is 9.96. The predicted molar refractivity (Wildman–Crippen MR) is 186 cm³/mol. The van der Waals surface area contributed by atoms with Crippen LogP contribution in [0.25, 0.3) is 22.4 Å². The molecule has 286 valence electrons. The molecule has 0 radical (unpaired) electrons. The Morgan fingerprint density at radius 2 is 1.61 bits per heavy atom. The standard InChI is InChI=1S/C35H35ClF5N9O4/c1-47-26(23-5-4-21(28(37)29(23)38)24-18-50(11-8-27(42)51)46-30(24)35(39,40)41)17-44-31(47)32(52)45-20-2-3-22(25(36)16-20)34(54)49-14-12-48(13-15-49)33(53)19-6-9-43-10-7-19/h2-5,16-19,43H,6-15H2,1H3,(H2,42,51)(H,45,52). The lowest BCUT2D eigenvalue weighted by molar-refractivity contribution is -0.141. The highest BCUT2D eigenvalue weighted by Gasteiger charge is 2.39. The minimum absolute atomic E-state index is 0.0113. The summed E-state index contributed by atoms with van der Waals surface area (Å²) in [6.45, 7) is 2.82. The number of anilines is 1. The molecular weight excluding hydrogens is 741 g/mol. The number of aryl methyl sites for hydroxylation is 1. The number of hydrogen-bond donors (Lipinski definition) is 3. The Bertz CT molecular complexity index is 2100. The third-order valence-electron chi connectivity index (χ3n) is 9.48. The van der Waals surface area contributed by atoms with Gasteiger partial charge in [-0.25, -0.2) is 13.8 Å². The molecule has 0 unspecified atom stereocenters. The number of halogens is 6. The van der Waals surface area contributed by atoms with E-state index in [1.54, 1.807) is 9.80 Å². The Hall–Kier alpha value is -5.36. The summed E-state index contributed by atoms with van der Waals surface area (Å²) in [4.78, 5) is 58.0. The van der Waals surface area contributed by atoms with Crippen molar-refractivity contribution in [3.05, 3.63) is 76.5 Å². The molecule has 4 aromatic rings. The molecule has 0 atom stereocenters. The van der Waals surface area contributed by atoms with Crippen molar-refractivity contribution >= 4 is 40.9 Å². The van der Waals surface area contributed by atoms with Crippen molar-refractivity contribution in [1.82, 2.24) is 34.4 Å². The number of piperazine rings is 1. The number of aromatic nitrogens is 4. The summed E-state index contributed by atoms with van der Waals surface area (Å²) < 4.78 is 74.3. The van der Waals surface area contributed by atoms with Gasteiger partial charge in [0.25, 0.3) is 11.8 Å². The molecule has 4 heterocycles. The monoisotopic (exact) mass is 775 g/mol. The van der Waals surface area contributed by atoms with E-state index in [1.807, 2.05) is 0 Å². The minimum atomic E-state index is -5.02. The summed E-state index contributed by atoms with van der Waals surface area (Å²) in [7, 11) is 1.36. The van der Waals surface area contributed by atoms with E-state index >= 15 is 8.78 Å². The Balaban J connectivity index is 1.13. The number of amides is 4. The van der Waals surface area contributed by atoms with Gasteiger partial charge in [0.15, 0.2) is 23.2 Å². The first-order chi connectivity index (χ1) is 25.6. The smallest absolute Gasteiger partial charge is 0.370 e. The van der Waals surface area contributed by atoms with E-state index in [9.17, 15) is 32.3 Å². The fraction of sp³-hybridized carbons (Fsp3) is 0.371. The highest BCUT2D eigenvalue weighted by molar-refractivity contribution is 6.34. The van der Waals surface area contributed by atoms with Crippen LogP contribution in [0.3, 0.4) is 0 Å². The number of carbonyl (C=O) groups excluding carboxylic acids is 4. The number of hydrogen-bond acceptors (Lipinski definition) is 7. The van der Waals surface area contributed by atoms with Gasteiger partial charge in [-0.2, -0.15) is 18.3 Å². The van der Waals surface area contributed by atoms with Gasteiger partial charge < -0.3 is 30.7 Å². The summed E-state index contributed by atoms with van der Waals surface area (Å²) >= 11 is 6.47. The normalized spacial score (nSPS) is 15.4. The first-order valence-corrected chi connectivity index (χ1v) is 17.3. The Kier molecular flexibility index (Phi) is 11.0. The van der Waals surface area contributed by atoms with E-state index in [-0.39, 0.29) is 64.1 Å². The van der Waals surface area contributed by atoms with Crippen LogP contribution >= 0.6 is 11.6 Å². The number of primary amides is 1. The van der Waals surface area contributed by atoms with Gasteiger partial charge in [-0.1, -0.05) is 17.7 Å². The molecular formula is C35H35ClF5N9O4. The summed E-state index contributed by atoms with van der Waals surface area (Å²) in [5, 5.41) is 9.33. The molecule has 0 bridgehead atoms. The Labute approximate surface area is 310 Å². The summed E-state index contributed by atoms with van der Waals surface area (Å²) in [6, 6.07) is 6.31. The molecule has 0 spiro atoms. The zero-order valence-corrected chi connectivity index (χ0v) is 29.6. The maximum Gasteiger partial charge on any atom is 0.435 e. The van der Waals surface area contributed by atoms with E-state index in [0.29, 0.717) is 26.2 Å². The number of carbonyl (C=O) groups is 4. The Morgan fingerprint density at radius 1 is 0.963 bits per heavy atom. The summed E-state index contributed by atoms with van der Waals surface area (Å²) in [6.07, 6.45) is -1.82. The molecule has 6 rings (SSSR count). The topological polar surface area (TPSA) is 160 Å². The molecule has 2 aliphatic heterocycles. The van der Waals surface area contributed by atoms with Crippen LogP contribution in [0, 0.1) is 17.6 Å². The van der Waals surface area contributed by atoms with Crippen LogP contribution in [0.5, 0.6) is 0 Å². The highest BCUT2D eigenvalue weighted by atomic mass is 35.5. The van der Waals surface area contributed by atoms with Gasteiger partial charge in [-0.3, -0.25) is 23.9 Å². The Morgan fingerprint density at radius 3 is 2.26 bits per heavy atom. The molecule has 2 aliphatic rings. The number of benzene rings is 2. The lowest BCUT2D eigenvalue weighted by Crippen LogP contribution is -2.52. The van der Waals surface area contributed by atoms with Gasteiger partial charge >= 0.3 is 6.18 Å². The van der Waals surface area contributed by atoms with Crippen LogP contribution in [-0.2, 0) is 29.4 Å². The van der Waals surface area contributed by atoms with Crippen LogP contribution in [0.1, 0.15) is 45.9 Å². The van der Waals surface area contributed by atoms with Crippen molar-refractivity contribution < 1.29 is 41.1 Å². The van der Waals surface area contributed by atoms with Gasteiger partial charge in [-0.15, -0.1) is 0 Å². The fourth-order valence-electron chi connectivity index (χ4n) is 6.57. The number of rotatable bonds is 9. The summed E-state index contributed by atoms with van der Waals surface area (Å²) in [5.41, 5.74) is 2.09. The molecule has 2 saturated heterocycles. The van der Waals surface area contributed by atoms with Crippen LogP contribution in [-0.4, -0.2) is 92.0 Å². The van der Waals surface area contributed by atoms with E-state index in [4.69, 9.17) is 17.3 Å². The van der Waals surface area contributed by atoms with E-state index < -0.39 is 46.4 Å². The van der Waals surface area contributed by atoms with Crippen LogP contribution in [0.2, 0.25) is 5.02 Å². The number of nitrogens with two attached hydrogens (primary N) is 1. The first kappa shape index (κ1) is 38.4. The number of nitrogens with one attached hydrogen (secondary N) is 2. The van der Waals surface area contributed by atoms with Crippen molar-refractivity contribution in [3.8, 4) is 22.4 Å². The second-order valence-corrected chi connectivity index (χ2v) is 13.4. The highest BCUT2D eigenvalue weighted by Crippen LogP contribution is 2.39. The molecule has 2 aromatic carbocycles. The van der Waals surface area contributed by atoms with Crippen LogP contribution in [0.15, 0.2) is 42.7 Å². The van der Waals surface area contributed by atoms with Crippen LogP contribution in [0.4, 0.5) is 27.6 Å². The third-order valence-corrected chi connectivity index (χ3v) is 9.79. The van der Waals surface area contributed by atoms with Crippen molar-refractivity contribution in [1.29, 1.82) is 0 Å². The fourth-order valence-corrected chi connectivity index (χ4v) is 6.84. The van der Waals surface area contributed by atoms with Gasteiger partial charge in [0.05, 0.1) is 22.5 Å². The molecule has 2 fully saturated rings. The maximum atomic E-state index is 15.5. The molecule has 4 amide bonds. The molecule has 2 aromatic heterocycles. The number of imidazole rings is 1. The van der Waals surface area contributed by atoms with Crippen LogP contribution < -0.4 is 16.4 Å². The number of nitrogens with zero attached hydrogens (tertiary/aromatic N) is 6. The lowest BCUT2D eigenvalue weighted by Gasteiger charge is -2.37. The molecule has 0 aliphatic carbocycles. The maximum absolute atomic E-state index is 15.5. The molecule has 13 nitrogen and oxygen atoms in total. The van der Waals surface area contributed by atoms with Crippen molar-refractivity contribution in [2.45, 2.75) is 32.0 Å². The van der Waals surface area contributed by atoms with E-state index in [0.717, 1.165) is 55.1 Å². The molecule has 0 saturated carbocycles. The SMILES string of the molecule is Cn1c(-c2ccc(-c3cn(CCC(N)=O)nc3C(F)(F)F)c(F)c2F)cnc1C(=O)Nc1ccc(C(=O)N2CCN(C(=O)C3CCNCC3)CC2)c(Cl)c1. The average molecular weight is 776 g/mol. The predicted octanol–water partition coefficient (Wildman–Crippen LogP) is 4.31. The second kappa shape index (κ2) is 15.5. The largest absolute Gasteiger partial charge is 0.435 e. The quantitative estimate of drug-likeness (QED) is 0.214. The van der Waals surface area contributed by atoms with Gasteiger partial charge in [0.1, 0.15) is 0 Å². The average Bonchev–Trinajstić information content (AvgIpc) is 3.76. The number of piperidine rings is 1. The summed E-state index contributed by atoms with van der Waals surface area (Å²) in [5.74, 6) is -5.10. The van der Waals surface area contributed by atoms with Gasteiger partial charge in [-0.05, 0) is 50.2 Å². The van der Waals surface area contributed by atoms with Gasteiger partial charge in [0.2, 0.25) is 11.8 Å². The van der Waals surface area contributed by atoms with E-state index in [1.165, 1.54) is 29.8 Å². The van der Waals surface area contributed by atoms with E-state index in [2.05, 4.69) is 20.7 Å². The second-order valence-electron chi connectivity index (χ2n) is 13.0. The van der Waals surface area contributed by atoms with Gasteiger partial charge in [0, 0.05) is 80.7 Å². The van der Waals surface area contributed by atoms with Crippen molar-refractivity contribution in [3.63, 3.8) is 0 Å². The minimum Gasteiger partial charge on any atom is -0.370 e. The van der Waals surface area contributed by atoms with Crippen molar-refractivity contribution in [2.24, 2.45) is 18.7 Å². The first-order valence-electron chi connectivity index (χ1n) is 17.0. The number of alkyl halides is 3. The zero-order valence-electron chi connectivity index (χ0n) is 28.9. The molecule has 19 heteroatoms. The molecule has 54 heavy (non-hydrogen) atoms. The third kappa shape index (κ3) is 7.94.